The number of aryl methyl sites for hydroxylation is 2. The molecule has 1 fully saturated rings. The Morgan fingerprint density at radius 3 is 2.53 bits per heavy atom. The van der Waals surface area contributed by atoms with E-state index in [2.05, 4.69) is 5.32 Å². The Hall–Kier alpha value is -4.92. The smallest absolute Gasteiger partial charge is 0.340 e. The number of pyridine rings is 1. The average Bonchev–Trinajstić information content (AvgIpc) is 3.79. The quantitative estimate of drug-likeness (QED) is 0.246. The molecule has 2 aromatic carbocycles. The molecule has 2 aromatic heterocycles. The second kappa shape index (κ2) is 12.1. The molecule has 2 aliphatic rings. The van der Waals surface area contributed by atoms with Crippen LogP contribution < -0.4 is 10.1 Å². The van der Waals surface area contributed by atoms with E-state index in [4.69, 9.17) is 18.9 Å². The molecule has 1 N–H and O–H groups in total. The molecule has 2 aliphatic heterocycles. The molecule has 43 heavy (non-hydrogen) atoms. The Balaban J connectivity index is 1.40. The SMILES string of the molecule is CCOC(=O)c1c(CCc2ccc(OC)cc2)nc2c(c1-c1ccc(C(=O)NCc3ccco3)cc1)C(=O)N1CCC[C@H]21. The average molecular weight is 580 g/mol. The van der Waals surface area contributed by atoms with Gasteiger partial charge in [-0.05, 0) is 80.1 Å². The zero-order valence-corrected chi connectivity index (χ0v) is 24.2. The fourth-order valence-corrected chi connectivity index (χ4v) is 5.97. The Morgan fingerprint density at radius 1 is 1.05 bits per heavy atom. The molecule has 0 radical (unpaired) electrons. The van der Waals surface area contributed by atoms with Crippen LogP contribution >= 0.6 is 0 Å². The molecule has 0 bridgehead atoms. The van der Waals surface area contributed by atoms with Crippen LogP contribution in [-0.4, -0.2) is 47.9 Å². The van der Waals surface area contributed by atoms with Crippen LogP contribution in [0.5, 0.6) is 5.75 Å². The number of nitrogens with one attached hydrogen (secondary N) is 1. The van der Waals surface area contributed by atoms with Crippen LogP contribution in [0.15, 0.2) is 71.3 Å². The Kier molecular flexibility index (Phi) is 7.96. The first kappa shape index (κ1) is 28.2. The van der Waals surface area contributed by atoms with E-state index in [0.717, 1.165) is 29.8 Å². The maximum atomic E-state index is 13.8. The summed E-state index contributed by atoms with van der Waals surface area (Å²) in [6.45, 7) is 2.86. The Labute approximate surface area is 249 Å². The van der Waals surface area contributed by atoms with Crippen LogP contribution in [0.25, 0.3) is 11.1 Å². The highest BCUT2D eigenvalue weighted by molar-refractivity contribution is 6.11. The normalized spacial score (nSPS) is 15.3. The van der Waals surface area contributed by atoms with Crippen molar-refractivity contribution in [2.24, 2.45) is 0 Å². The molecule has 220 valence electrons. The van der Waals surface area contributed by atoms with Crippen molar-refractivity contribution < 1.29 is 28.3 Å². The van der Waals surface area contributed by atoms with E-state index in [-0.39, 0.29) is 31.0 Å². The van der Waals surface area contributed by atoms with E-state index in [1.165, 1.54) is 0 Å². The van der Waals surface area contributed by atoms with Gasteiger partial charge in [-0.3, -0.25) is 14.6 Å². The number of aromatic nitrogens is 1. The minimum Gasteiger partial charge on any atom is -0.497 e. The van der Waals surface area contributed by atoms with Crippen molar-refractivity contribution in [1.29, 1.82) is 0 Å². The summed E-state index contributed by atoms with van der Waals surface area (Å²) in [5.74, 6) is 0.528. The molecule has 4 heterocycles. The van der Waals surface area contributed by atoms with Gasteiger partial charge >= 0.3 is 5.97 Å². The molecule has 1 saturated heterocycles. The van der Waals surface area contributed by atoms with E-state index in [1.54, 1.807) is 56.7 Å². The summed E-state index contributed by atoms with van der Waals surface area (Å²) in [6, 6.07) is 18.2. The molecule has 2 amide bonds. The number of methoxy groups -OCH3 is 1. The first-order valence-electron chi connectivity index (χ1n) is 14.6. The lowest BCUT2D eigenvalue weighted by molar-refractivity contribution is 0.0525. The second-order valence-electron chi connectivity index (χ2n) is 10.6. The zero-order valence-electron chi connectivity index (χ0n) is 24.2. The predicted octanol–water partition coefficient (Wildman–Crippen LogP) is 5.53. The van der Waals surface area contributed by atoms with E-state index in [0.29, 0.717) is 58.7 Å². The molecule has 0 aliphatic carbocycles. The second-order valence-corrected chi connectivity index (χ2v) is 10.6. The van der Waals surface area contributed by atoms with Gasteiger partial charge in [0.15, 0.2) is 0 Å². The summed E-state index contributed by atoms with van der Waals surface area (Å²) in [4.78, 5) is 47.1. The van der Waals surface area contributed by atoms with Gasteiger partial charge in [0, 0.05) is 17.7 Å². The number of carbonyl (C=O) groups is 3. The third kappa shape index (κ3) is 5.50. The molecular weight excluding hydrogens is 546 g/mol. The first-order valence-corrected chi connectivity index (χ1v) is 14.6. The molecule has 0 saturated carbocycles. The van der Waals surface area contributed by atoms with Crippen molar-refractivity contribution in [2.75, 3.05) is 20.3 Å². The molecule has 0 spiro atoms. The van der Waals surface area contributed by atoms with Gasteiger partial charge in [-0.15, -0.1) is 0 Å². The van der Waals surface area contributed by atoms with Crippen LogP contribution in [0.1, 0.15) is 79.6 Å². The maximum Gasteiger partial charge on any atom is 0.340 e. The summed E-state index contributed by atoms with van der Waals surface area (Å²) < 4.78 is 16.1. The number of amides is 2. The third-order valence-corrected chi connectivity index (χ3v) is 8.07. The van der Waals surface area contributed by atoms with E-state index in [1.807, 2.05) is 29.2 Å². The summed E-state index contributed by atoms with van der Waals surface area (Å²) >= 11 is 0. The van der Waals surface area contributed by atoms with E-state index in [9.17, 15) is 14.4 Å². The Morgan fingerprint density at radius 2 is 1.84 bits per heavy atom. The number of carbonyl (C=O) groups excluding carboxylic acids is 3. The summed E-state index contributed by atoms with van der Waals surface area (Å²) in [6.07, 6.45) is 4.42. The lowest BCUT2D eigenvalue weighted by Crippen LogP contribution is -2.23. The number of esters is 1. The monoisotopic (exact) mass is 579 g/mol. The van der Waals surface area contributed by atoms with Crippen LogP contribution in [-0.2, 0) is 24.1 Å². The van der Waals surface area contributed by atoms with Gasteiger partial charge in [-0.1, -0.05) is 24.3 Å². The first-order chi connectivity index (χ1) is 21.0. The highest BCUT2D eigenvalue weighted by atomic mass is 16.5. The highest BCUT2D eigenvalue weighted by Gasteiger charge is 2.44. The standard InChI is InChI=1S/C34H33N3O6/c1-3-42-34(40)29-26(17-10-21-8-15-24(41-2)16-9-21)36-31-27-7-4-18-37(27)33(39)30(31)28(29)22-11-13-23(14-12-22)32(38)35-20-25-6-5-19-43-25/h5-6,8-9,11-16,19,27H,3-4,7,10,17-18,20H2,1-2H3,(H,35,38)/t27-/m1/s1. The van der Waals surface area contributed by atoms with E-state index >= 15 is 0 Å². The molecule has 9 nitrogen and oxygen atoms in total. The summed E-state index contributed by atoms with van der Waals surface area (Å²) in [5, 5.41) is 2.85. The van der Waals surface area contributed by atoms with Crippen molar-refractivity contribution in [2.45, 2.75) is 45.2 Å². The fraction of sp³-hybridized carbons (Fsp3) is 0.294. The van der Waals surface area contributed by atoms with Crippen molar-refractivity contribution in [3.8, 4) is 16.9 Å². The third-order valence-electron chi connectivity index (χ3n) is 8.07. The van der Waals surface area contributed by atoms with Gasteiger partial charge in [0.1, 0.15) is 11.5 Å². The molecule has 6 rings (SSSR count). The topological polar surface area (TPSA) is 111 Å². The van der Waals surface area contributed by atoms with Crippen LogP contribution in [0.3, 0.4) is 0 Å². The largest absolute Gasteiger partial charge is 0.497 e. The van der Waals surface area contributed by atoms with Gasteiger partial charge in [-0.2, -0.15) is 0 Å². The van der Waals surface area contributed by atoms with Crippen molar-refractivity contribution >= 4 is 17.8 Å². The number of rotatable bonds is 10. The lowest BCUT2D eigenvalue weighted by Gasteiger charge is -2.18. The van der Waals surface area contributed by atoms with Crippen molar-refractivity contribution in [3.05, 3.63) is 106 Å². The number of furan rings is 1. The number of hydrogen-bond donors (Lipinski definition) is 1. The molecular formula is C34H33N3O6. The molecule has 4 aromatic rings. The summed E-state index contributed by atoms with van der Waals surface area (Å²) in [7, 11) is 1.63. The maximum absolute atomic E-state index is 13.8. The van der Waals surface area contributed by atoms with Crippen molar-refractivity contribution in [1.82, 2.24) is 15.2 Å². The van der Waals surface area contributed by atoms with Gasteiger partial charge in [0.2, 0.25) is 0 Å². The van der Waals surface area contributed by atoms with Gasteiger partial charge in [0.25, 0.3) is 11.8 Å². The van der Waals surface area contributed by atoms with Crippen LogP contribution in [0.4, 0.5) is 0 Å². The fourth-order valence-electron chi connectivity index (χ4n) is 5.97. The van der Waals surface area contributed by atoms with Crippen LogP contribution in [0.2, 0.25) is 0 Å². The molecule has 1 atom stereocenters. The van der Waals surface area contributed by atoms with E-state index < -0.39 is 5.97 Å². The van der Waals surface area contributed by atoms with Crippen LogP contribution in [0, 0.1) is 0 Å². The van der Waals surface area contributed by atoms with Gasteiger partial charge in [-0.25, -0.2) is 4.79 Å². The van der Waals surface area contributed by atoms with Gasteiger partial charge < -0.3 is 24.1 Å². The number of fused-ring (bicyclic) bond motifs is 3. The minimum absolute atomic E-state index is 0.108. The number of ether oxygens (including phenoxy) is 2. The van der Waals surface area contributed by atoms with Crippen molar-refractivity contribution in [3.63, 3.8) is 0 Å². The number of nitrogens with zero attached hydrogens (tertiary/aromatic N) is 2. The molecule has 0 unspecified atom stereocenters. The highest BCUT2D eigenvalue weighted by Crippen LogP contribution is 2.45. The van der Waals surface area contributed by atoms with Gasteiger partial charge in [0.05, 0.1) is 55.1 Å². The molecule has 9 heteroatoms. The summed E-state index contributed by atoms with van der Waals surface area (Å²) in [5.41, 5.74) is 4.78. The lowest BCUT2D eigenvalue weighted by atomic mass is 9.89. The Bertz CT molecular complexity index is 1650. The predicted molar refractivity (Wildman–Crippen MR) is 159 cm³/mol. The number of benzene rings is 2. The minimum atomic E-state index is -0.516. The number of hydrogen-bond acceptors (Lipinski definition) is 7. The zero-order chi connectivity index (χ0) is 29.9.